The SMILES string of the molecule is O=C(N[C@@H]1CCC[C@@H]1Nc1ncc(C(F)(F)F)cn1)c1ccccc1-n1nccn1. The third kappa shape index (κ3) is 4.24. The number of carbonyl (C=O) groups is 1. The van der Waals surface area contributed by atoms with Crippen LogP contribution >= 0.6 is 0 Å². The highest BCUT2D eigenvalue weighted by Crippen LogP contribution is 2.28. The molecule has 2 atom stereocenters. The third-order valence-corrected chi connectivity index (χ3v) is 4.91. The highest BCUT2D eigenvalue weighted by atomic mass is 19.4. The van der Waals surface area contributed by atoms with E-state index in [1.165, 1.54) is 17.2 Å². The molecule has 0 unspecified atom stereocenters. The van der Waals surface area contributed by atoms with Crippen molar-refractivity contribution < 1.29 is 18.0 Å². The summed E-state index contributed by atoms with van der Waals surface area (Å²) in [5.41, 5.74) is 0.0619. The Bertz CT molecular complexity index is 1010. The van der Waals surface area contributed by atoms with Crippen LogP contribution in [0.4, 0.5) is 19.1 Å². The molecule has 0 aliphatic heterocycles. The lowest BCUT2D eigenvalue weighted by Gasteiger charge is -2.22. The predicted octanol–water partition coefficient (Wildman–Crippen LogP) is 2.84. The molecular formula is C19H18F3N7O. The molecule has 8 nitrogen and oxygen atoms in total. The van der Waals surface area contributed by atoms with E-state index in [2.05, 4.69) is 30.8 Å². The van der Waals surface area contributed by atoms with Crippen LogP contribution in [0.25, 0.3) is 5.69 Å². The molecule has 1 fully saturated rings. The van der Waals surface area contributed by atoms with E-state index in [4.69, 9.17) is 0 Å². The summed E-state index contributed by atoms with van der Waals surface area (Å²) in [6.45, 7) is 0. The summed E-state index contributed by atoms with van der Waals surface area (Å²) >= 11 is 0. The number of carbonyl (C=O) groups excluding carboxylic acids is 1. The first-order valence-corrected chi connectivity index (χ1v) is 9.34. The summed E-state index contributed by atoms with van der Waals surface area (Å²) in [6, 6.07) is 6.56. The smallest absolute Gasteiger partial charge is 0.349 e. The van der Waals surface area contributed by atoms with Crippen molar-refractivity contribution in [3.63, 3.8) is 0 Å². The molecule has 1 amide bonds. The van der Waals surface area contributed by atoms with Gasteiger partial charge in [0.15, 0.2) is 0 Å². The summed E-state index contributed by atoms with van der Waals surface area (Å²) in [5, 5.41) is 14.2. The molecule has 30 heavy (non-hydrogen) atoms. The molecule has 0 spiro atoms. The van der Waals surface area contributed by atoms with E-state index >= 15 is 0 Å². The van der Waals surface area contributed by atoms with E-state index in [1.54, 1.807) is 24.3 Å². The number of para-hydroxylation sites is 1. The lowest BCUT2D eigenvalue weighted by molar-refractivity contribution is -0.138. The van der Waals surface area contributed by atoms with Gasteiger partial charge in [-0.3, -0.25) is 4.79 Å². The van der Waals surface area contributed by atoms with Crippen LogP contribution in [0.2, 0.25) is 0 Å². The van der Waals surface area contributed by atoms with Crippen LogP contribution in [0.15, 0.2) is 49.1 Å². The largest absolute Gasteiger partial charge is 0.419 e. The van der Waals surface area contributed by atoms with Gasteiger partial charge in [-0.2, -0.15) is 28.2 Å². The fourth-order valence-electron chi connectivity index (χ4n) is 3.45. The maximum Gasteiger partial charge on any atom is 0.419 e. The van der Waals surface area contributed by atoms with Crippen molar-refractivity contribution in [2.75, 3.05) is 5.32 Å². The predicted molar refractivity (Wildman–Crippen MR) is 101 cm³/mol. The number of anilines is 1. The molecular weight excluding hydrogens is 399 g/mol. The maximum absolute atomic E-state index is 12.9. The van der Waals surface area contributed by atoms with Gasteiger partial charge in [0.1, 0.15) is 0 Å². The second-order valence-corrected chi connectivity index (χ2v) is 6.89. The van der Waals surface area contributed by atoms with Gasteiger partial charge in [-0.05, 0) is 31.4 Å². The van der Waals surface area contributed by atoms with Crippen molar-refractivity contribution in [2.45, 2.75) is 37.5 Å². The quantitative estimate of drug-likeness (QED) is 0.663. The zero-order valence-corrected chi connectivity index (χ0v) is 15.7. The molecule has 2 heterocycles. The zero-order valence-electron chi connectivity index (χ0n) is 15.7. The molecule has 0 bridgehead atoms. The molecule has 0 saturated heterocycles. The van der Waals surface area contributed by atoms with Gasteiger partial charge < -0.3 is 10.6 Å². The van der Waals surface area contributed by atoms with Gasteiger partial charge in [-0.25, -0.2) is 9.97 Å². The topological polar surface area (TPSA) is 97.6 Å². The Balaban J connectivity index is 1.45. The second kappa shape index (κ2) is 8.09. The summed E-state index contributed by atoms with van der Waals surface area (Å²) in [7, 11) is 0. The summed E-state index contributed by atoms with van der Waals surface area (Å²) in [6.07, 6.45) is 2.36. The number of benzene rings is 1. The standard InChI is InChI=1S/C19H18F3N7O/c20-19(21,22)12-10-23-18(24-11-12)28-15-6-3-5-14(15)27-17(30)13-4-1-2-7-16(13)29-25-8-9-26-29/h1-2,4,7-11,14-15H,3,5-6H2,(H,27,30)(H,23,24,28)/t14-,15+/m1/s1. The Morgan fingerprint density at radius 2 is 1.70 bits per heavy atom. The van der Waals surface area contributed by atoms with Crippen LogP contribution in [0.1, 0.15) is 35.2 Å². The molecule has 3 aromatic rings. The van der Waals surface area contributed by atoms with Gasteiger partial charge in [-0.15, -0.1) is 0 Å². The average molecular weight is 417 g/mol. The van der Waals surface area contributed by atoms with Crippen molar-refractivity contribution in [1.82, 2.24) is 30.3 Å². The number of aromatic nitrogens is 5. The number of halogens is 3. The Labute approximate surface area is 169 Å². The monoisotopic (exact) mass is 417 g/mol. The van der Waals surface area contributed by atoms with Crippen LogP contribution in [0, 0.1) is 0 Å². The number of alkyl halides is 3. The lowest BCUT2D eigenvalue weighted by atomic mass is 10.1. The number of hydrogen-bond acceptors (Lipinski definition) is 6. The van der Waals surface area contributed by atoms with Crippen molar-refractivity contribution in [3.8, 4) is 5.69 Å². The number of rotatable bonds is 5. The molecule has 2 N–H and O–H groups in total. The van der Waals surface area contributed by atoms with Crippen molar-refractivity contribution >= 4 is 11.9 Å². The molecule has 1 aliphatic carbocycles. The van der Waals surface area contributed by atoms with Crippen LogP contribution < -0.4 is 10.6 Å². The van der Waals surface area contributed by atoms with Gasteiger partial charge in [0.05, 0.1) is 29.2 Å². The molecule has 1 aliphatic rings. The fraction of sp³-hybridized carbons (Fsp3) is 0.316. The molecule has 1 aromatic carbocycles. The van der Waals surface area contributed by atoms with E-state index in [0.29, 0.717) is 11.3 Å². The Kier molecular flexibility index (Phi) is 5.34. The summed E-state index contributed by atoms with van der Waals surface area (Å²) in [4.78, 5) is 21.8. The number of nitrogens with zero attached hydrogens (tertiary/aromatic N) is 5. The molecule has 4 rings (SSSR count). The Morgan fingerprint density at radius 3 is 2.40 bits per heavy atom. The summed E-state index contributed by atoms with van der Waals surface area (Å²) < 4.78 is 38.0. The van der Waals surface area contributed by atoms with Gasteiger partial charge in [-0.1, -0.05) is 12.1 Å². The van der Waals surface area contributed by atoms with Crippen LogP contribution in [0.3, 0.4) is 0 Å². The first kappa shape index (κ1) is 19.8. The van der Waals surface area contributed by atoms with E-state index in [-0.39, 0.29) is 23.9 Å². The zero-order chi connectivity index (χ0) is 21.1. The van der Waals surface area contributed by atoms with Crippen molar-refractivity contribution in [1.29, 1.82) is 0 Å². The normalized spacial score (nSPS) is 18.9. The van der Waals surface area contributed by atoms with Gasteiger partial charge in [0.2, 0.25) is 5.95 Å². The minimum atomic E-state index is -4.49. The Morgan fingerprint density at radius 1 is 1.03 bits per heavy atom. The Hall–Kier alpha value is -3.50. The number of hydrogen-bond donors (Lipinski definition) is 2. The molecule has 1 saturated carbocycles. The molecule has 156 valence electrons. The van der Waals surface area contributed by atoms with E-state index < -0.39 is 11.7 Å². The first-order chi connectivity index (χ1) is 14.4. The van der Waals surface area contributed by atoms with E-state index in [9.17, 15) is 18.0 Å². The lowest BCUT2D eigenvalue weighted by Crippen LogP contribution is -2.43. The van der Waals surface area contributed by atoms with Gasteiger partial charge >= 0.3 is 6.18 Å². The highest BCUT2D eigenvalue weighted by molar-refractivity contribution is 5.97. The summed E-state index contributed by atoms with van der Waals surface area (Å²) in [5.74, 6) is -0.190. The number of nitrogens with one attached hydrogen (secondary N) is 2. The third-order valence-electron chi connectivity index (χ3n) is 4.91. The first-order valence-electron chi connectivity index (χ1n) is 9.34. The van der Waals surface area contributed by atoms with E-state index in [0.717, 1.165) is 31.7 Å². The fourth-order valence-corrected chi connectivity index (χ4v) is 3.45. The van der Waals surface area contributed by atoms with E-state index in [1.807, 2.05) is 0 Å². The minimum absolute atomic E-state index is 0.0929. The van der Waals surface area contributed by atoms with Gasteiger partial charge in [0.25, 0.3) is 5.91 Å². The molecule has 2 aromatic heterocycles. The van der Waals surface area contributed by atoms with Crippen LogP contribution in [0.5, 0.6) is 0 Å². The van der Waals surface area contributed by atoms with Crippen molar-refractivity contribution in [3.05, 3.63) is 60.2 Å². The van der Waals surface area contributed by atoms with Crippen LogP contribution in [-0.4, -0.2) is 43.0 Å². The highest BCUT2D eigenvalue weighted by Gasteiger charge is 2.33. The number of amides is 1. The van der Waals surface area contributed by atoms with Gasteiger partial charge in [0, 0.05) is 24.5 Å². The molecule has 0 radical (unpaired) electrons. The molecule has 11 heteroatoms. The minimum Gasteiger partial charge on any atom is -0.349 e. The maximum atomic E-state index is 12.9. The second-order valence-electron chi connectivity index (χ2n) is 6.89. The van der Waals surface area contributed by atoms with Crippen LogP contribution in [-0.2, 0) is 6.18 Å². The average Bonchev–Trinajstić information content (AvgIpc) is 3.40. The van der Waals surface area contributed by atoms with Crippen molar-refractivity contribution in [2.24, 2.45) is 0 Å².